The summed E-state index contributed by atoms with van der Waals surface area (Å²) in [6.45, 7) is 3.23. The number of aromatic nitrogens is 2. The first-order valence-electron chi connectivity index (χ1n) is 9.46. The summed E-state index contributed by atoms with van der Waals surface area (Å²) in [6, 6.07) is 10.3. The van der Waals surface area contributed by atoms with Crippen molar-refractivity contribution in [2.45, 2.75) is 26.4 Å². The van der Waals surface area contributed by atoms with Crippen molar-refractivity contribution in [3.8, 4) is 5.69 Å². The van der Waals surface area contributed by atoms with Gasteiger partial charge in [-0.25, -0.2) is 4.39 Å². The van der Waals surface area contributed by atoms with Crippen molar-refractivity contribution in [3.05, 3.63) is 98.1 Å². The van der Waals surface area contributed by atoms with E-state index in [1.54, 1.807) is 29.4 Å². The predicted octanol–water partition coefficient (Wildman–Crippen LogP) is 2.36. The first-order chi connectivity index (χ1) is 14.0. The molecule has 7 heteroatoms. The van der Waals surface area contributed by atoms with Crippen LogP contribution < -0.4 is 11.1 Å². The van der Waals surface area contributed by atoms with Crippen LogP contribution in [0.15, 0.2) is 64.4 Å². The van der Waals surface area contributed by atoms with Gasteiger partial charge in [0.15, 0.2) is 0 Å². The third kappa shape index (κ3) is 3.63. The quantitative estimate of drug-likeness (QED) is 0.686. The third-order valence-corrected chi connectivity index (χ3v) is 5.22. The fourth-order valence-corrected chi connectivity index (χ4v) is 3.59. The number of hydrogen-bond donors (Lipinski definition) is 0. The number of benzene rings is 1. The highest BCUT2D eigenvalue weighted by atomic mass is 19.1. The Labute approximate surface area is 166 Å². The van der Waals surface area contributed by atoms with E-state index in [0.29, 0.717) is 37.3 Å². The molecule has 0 radical (unpaired) electrons. The predicted molar refractivity (Wildman–Crippen MR) is 107 cm³/mol. The molecule has 0 unspecified atom stereocenters. The summed E-state index contributed by atoms with van der Waals surface area (Å²) in [5.41, 5.74) is 2.27. The zero-order chi connectivity index (χ0) is 20.5. The number of nitrogens with zero attached hydrogens (tertiary/aromatic N) is 3. The standard InChI is InChI=1S/C22H20FN3O3/c1-2-24-9-8-16(12-20(24)27)22(29)25-10-7-15-11-21(28)26(14-17(15)13-25)19-5-3-18(23)4-6-19/h3-6,8-9,11-12,14H,2,7,10,13H2,1H3. The SMILES string of the molecule is CCn1ccc(C(=O)N2CCc3cc(=O)n(-c4ccc(F)cc4)cc3C2)cc1=O. The molecule has 0 aliphatic carbocycles. The molecule has 0 saturated heterocycles. The second-order valence-electron chi connectivity index (χ2n) is 7.02. The average molecular weight is 393 g/mol. The van der Waals surface area contributed by atoms with Crippen LogP contribution in [-0.4, -0.2) is 26.5 Å². The number of carbonyl (C=O) groups is 1. The first-order valence-corrected chi connectivity index (χ1v) is 9.46. The highest BCUT2D eigenvalue weighted by molar-refractivity contribution is 5.94. The molecule has 0 bridgehead atoms. The third-order valence-electron chi connectivity index (χ3n) is 5.22. The van der Waals surface area contributed by atoms with E-state index in [9.17, 15) is 18.8 Å². The molecule has 0 atom stereocenters. The van der Waals surface area contributed by atoms with Crippen LogP contribution in [0.2, 0.25) is 0 Å². The lowest BCUT2D eigenvalue weighted by atomic mass is 10.0. The Morgan fingerprint density at radius 2 is 1.79 bits per heavy atom. The summed E-state index contributed by atoms with van der Waals surface area (Å²) in [4.78, 5) is 39.1. The summed E-state index contributed by atoms with van der Waals surface area (Å²) >= 11 is 0. The van der Waals surface area contributed by atoms with Gasteiger partial charge in [-0.15, -0.1) is 0 Å². The molecule has 1 aromatic carbocycles. The number of hydrogen-bond acceptors (Lipinski definition) is 3. The van der Waals surface area contributed by atoms with Crippen LogP contribution in [0.3, 0.4) is 0 Å². The second kappa shape index (κ2) is 7.50. The molecular weight excluding hydrogens is 373 g/mol. The normalized spacial score (nSPS) is 13.2. The number of amides is 1. The Hall–Kier alpha value is -3.48. The van der Waals surface area contributed by atoms with Crippen LogP contribution in [0.25, 0.3) is 5.69 Å². The lowest BCUT2D eigenvalue weighted by Crippen LogP contribution is -2.38. The van der Waals surface area contributed by atoms with Crippen molar-refractivity contribution in [2.24, 2.45) is 0 Å². The number of rotatable bonds is 3. The number of halogens is 1. The number of fused-ring (bicyclic) bond motifs is 1. The largest absolute Gasteiger partial charge is 0.334 e. The second-order valence-corrected chi connectivity index (χ2v) is 7.02. The Kier molecular flexibility index (Phi) is 4.88. The van der Waals surface area contributed by atoms with E-state index in [2.05, 4.69) is 0 Å². The molecule has 3 aromatic rings. The van der Waals surface area contributed by atoms with Gasteiger partial charge in [0.25, 0.3) is 17.0 Å². The van der Waals surface area contributed by atoms with Gasteiger partial charge >= 0.3 is 0 Å². The smallest absolute Gasteiger partial charge is 0.255 e. The van der Waals surface area contributed by atoms with Crippen LogP contribution >= 0.6 is 0 Å². The maximum Gasteiger partial charge on any atom is 0.255 e. The number of aryl methyl sites for hydroxylation is 1. The van der Waals surface area contributed by atoms with Crippen LogP contribution in [-0.2, 0) is 19.5 Å². The van der Waals surface area contributed by atoms with Crippen molar-refractivity contribution >= 4 is 5.91 Å². The maximum atomic E-state index is 13.2. The van der Waals surface area contributed by atoms with E-state index in [-0.39, 0.29) is 22.8 Å². The molecule has 0 spiro atoms. The summed E-state index contributed by atoms with van der Waals surface area (Å²) in [5, 5.41) is 0. The molecule has 1 aliphatic heterocycles. The molecule has 0 fully saturated rings. The molecule has 6 nitrogen and oxygen atoms in total. The molecule has 0 saturated carbocycles. The minimum Gasteiger partial charge on any atom is -0.334 e. The summed E-state index contributed by atoms with van der Waals surface area (Å²) < 4.78 is 16.2. The van der Waals surface area contributed by atoms with Crippen LogP contribution in [0.4, 0.5) is 4.39 Å². The van der Waals surface area contributed by atoms with Gasteiger partial charge in [0.2, 0.25) is 0 Å². The summed E-state index contributed by atoms with van der Waals surface area (Å²) in [5.74, 6) is -0.586. The van der Waals surface area contributed by atoms with Crippen LogP contribution in [0.5, 0.6) is 0 Å². The number of pyridine rings is 2. The van der Waals surface area contributed by atoms with Crippen molar-refractivity contribution in [2.75, 3.05) is 6.54 Å². The molecule has 1 amide bonds. The van der Waals surface area contributed by atoms with E-state index in [0.717, 1.165) is 11.1 Å². The topological polar surface area (TPSA) is 64.3 Å². The molecule has 4 rings (SSSR count). The van der Waals surface area contributed by atoms with Gasteiger partial charge in [-0.2, -0.15) is 0 Å². The summed E-state index contributed by atoms with van der Waals surface area (Å²) in [6.07, 6.45) is 3.89. The van der Waals surface area contributed by atoms with Gasteiger partial charge in [0.1, 0.15) is 5.82 Å². The Morgan fingerprint density at radius 3 is 2.48 bits per heavy atom. The zero-order valence-electron chi connectivity index (χ0n) is 16.0. The van der Waals surface area contributed by atoms with Gasteiger partial charge < -0.3 is 9.47 Å². The Morgan fingerprint density at radius 1 is 1.03 bits per heavy atom. The summed E-state index contributed by atoms with van der Waals surface area (Å²) in [7, 11) is 0. The van der Waals surface area contributed by atoms with E-state index >= 15 is 0 Å². The van der Waals surface area contributed by atoms with E-state index in [1.807, 2.05) is 6.92 Å². The fraction of sp³-hybridized carbons (Fsp3) is 0.227. The van der Waals surface area contributed by atoms with Crippen molar-refractivity contribution in [1.82, 2.24) is 14.0 Å². The maximum absolute atomic E-state index is 13.2. The zero-order valence-corrected chi connectivity index (χ0v) is 16.0. The highest BCUT2D eigenvalue weighted by Crippen LogP contribution is 2.20. The molecule has 1 aliphatic rings. The minimum atomic E-state index is -0.374. The Bertz CT molecular complexity index is 1200. The lowest BCUT2D eigenvalue weighted by Gasteiger charge is -2.29. The molecule has 2 aromatic heterocycles. The Balaban J connectivity index is 1.64. The molecule has 148 valence electrons. The van der Waals surface area contributed by atoms with E-state index < -0.39 is 0 Å². The van der Waals surface area contributed by atoms with Crippen LogP contribution in [0, 0.1) is 5.82 Å². The monoisotopic (exact) mass is 393 g/mol. The molecule has 3 heterocycles. The molecular formula is C22H20FN3O3. The van der Waals surface area contributed by atoms with Crippen molar-refractivity contribution in [1.29, 1.82) is 0 Å². The van der Waals surface area contributed by atoms with E-state index in [4.69, 9.17) is 0 Å². The lowest BCUT2D eigenvalue weighted by molar-refractivity contribution is 0.0734. The highest BCUT2D eigenvalue weighted by Gasteiger charge is 2.23. The fourth-order valence-electron chi connectivity index (χ4n) is 3.59. The first kappa shape index (κ1) is 18.9. The average Bonchev–Trinajstić information content (AvgIpc) is 2.73. The van der Waals surface area contributed by atoms with E-state index in [1.165, 1.54) is 39.5 Å². The van der Waals surface area contributed by atoms with Gasteiger partial charge in [0, 0.05) is 55.4 Å². The van der Waals surface area contributed by atoms with Gasteiger partial charge in [0.05, 0.1) is 0 Å². The molecule has 29 heavy (non-hydrogen) atoms. The number of carbonyl (C=O) groups excluding carboxylic acids is 1. The van der Waals surface area contributed by atoms with Crippen molar-refractivity contribution < 1.29 is 9.18 Å². The van der Waals surface area contributed by atoms with Crippen LogP contribution in [0.1, 0.15) is 28.4 Å². The van der Waals surface area contributed by atoms with Gasteiger partial charge in [-0.1, -0.05) is 0 Å². The minimum absolute atomic E-state index is 0.196. The molecule has 0 N–H and O–H groups in total. The van der Waals surface area contributed by atoms with Gasteiger partial charge in [-0.05, 0) is 54.8 Å². The van der Waals surface area contributed by atoms with Crippen molar-refractivity contribution in [3.63, 3.8) is 0 Å². The van der Waals surface area contributed by atoms with Gasteiger partial charge in [-0.3, -0.25) is 19.0 Å².